The molecule has 0 unspecified atom stereocenters. The van der Waals surface area contributed by atoms with Crippen molar-refractivity contribution < 1.29 is 13.5 Å². The molecule has 118 valence electrons. The summed E-state index contributed by atoms with van der Waals surface area (Å²) in [7, 11) is 0. The van der Waals surface area contributed by atoms with Gasteiger partial charge in [0, 0.05) is 19.8 Å². The van der Waals surface area contributed by atoms with E-state index in [1.54, 1.807) is 0 Å². The topological polar surface area (TPSA) is 21.3 Å². The van der Waals surface area contributed by atoms with E-state index in [1.807, 2.05) is 0 Å². The smallest absolute Gasteiger partial charge is 0.126 e. The maximum absolute atomic E-state index is 13.9. The average Bonchev–Trinajstić information content (AvgIpc) is 2.43. The van der Waals surface area contributed by atoms with Gasteiger partial charge >= 0.3 is 0 Å². The molecule has 0 bridgehead atoms. The van der Waals surface area contributed by atoms with Gasteiger partial charge in [0.15, 0.2) is 0 Å². The van der Waals surface area contributed by atoms with Crippen molar-refractivity contribution in [2.24, 2.45) is 11.3 Å². The molecule has 1 aromatic rings. The molecule has 0 spiro atoms. The van der Waals surface area contributed by atoms with Crippen molar-refractivity contribution in [2.45, 2.75) is 33.1 Å². The first-order valence-electron chi connectivity index (χ1n) is 7.73. The molecule has 2 nitrogen and oxygen atoms in total. The molecule has 0 atom stereocenters. The molecule has 1 N–H and O–H groups in total. The fourth-order valence-corrected chi connectivity index (χ4v) is 2.93. The summed E-state index contributed by atoms with van der Waals surface area (Å²) in [6, 6.07) is 3.72. The molecular formula is C17H25F2NO. The van der Waals surface area contributed by atoms with E-state index in [1.165, 1.54) is 18.2 Å². The lowest BCUT2D eigenvalue weighted by Gasteiger charge is -2.38. The van der Waals surface area contributed by atoms with Crippen LogP contribution in [0.2, 0.25) is 0 Å². The zero-order valence-electron chi connectivity index (χ0n) is 12.9. The van der Waals surface area contributed by atoms with Gasteiger partial charge in [0.2, 0.25) is 0 Å². The molecule has 0 saturated carbocycles. The maximum Gasteiger partial charge on any atom is 0.126 e. The Kier molecular flexibility index (Phi) is 5.71. The number of halogens is 2. The molecule has 1 aliphatic heterocycles. The molecule has 4 heteroatoms. The second kappa shape index (κ2) is 7.32. The van der Waals surface area contributed by atoms with Gasteiger partial charge in [-0.2, -0.15) is 0 Å². The minimum atomic E-state index is -0.372. The second-order valence-corrected chi connectivity index (χ2v) is 6.55. The van der Waals surface area contributed by atoms with Gasteiger partial charge in [-0.3, -0.25) is 0 Å². The standard InChI is InChI=1S/C17H25F2NO/c1-13(2)11-20-12-17(5-7-21-8-6-17)10-14-9-15(18)3-4-16(14)19/h3-4,9,13,20H,5-8,10-12H2,1-2H3. The van der Waals surface area contributed by atoms with Crippen LogP contribution in [0.5, 0.6) is 0 Å². The third kappa shape index (κ3) is 4.75. The highest BCUT2D eigenvalue weighted by atomic mass is 19.1. The number of benzene rings is 1. The lowest BCUT2D eigenvalue weighted by atomic mass is 9.75. The summed E-state index contributed by atoms with van der Waals surface area (Å²) >= 11 is 0. The molecule has 2 rings (SSSR count). The Balaban J connectivity index is 2.09. The average molecular weight is 297 g/mol. The van der Waals surface area contributed by atoms with Gasteiger partial charge in [0.05, 0.1) is 0 Å². The normalized spacial score (nSPS) is 18.1. The van der Waals surface area contributed by atoms with Gasteiger partial charge in [0.1, 0.15) is 11.6 Å². The van der Waals surface area contributed by atoms with E-state index in [4.69, 9.17) is 4.74 Å². The first kappa shape index (κ1) is 16.4. The molecular weight excluding hydrogens is 272 g/mol. The Labute approximate surface area is 125 Å². The third-order valence-corrected chi connectivity index (χ3v) is 4.18. The van der Waals surface area contributed by atoms with Crippen LogP contribution in [-0.4, -0.2) is 26.3 Å². The summed E-state index contributed by atoms with van der Waals surface area (Å²) < 4.78 is 32.8. The fourth-order valence-electron chi connectivity index (χ4n) is 2.93. The largest absolute Gasteiger partial charge is 0.381 e. The summed E-state index contributed by atoms with van der Waals surface area (Å²) in [4.78, 5) is 0. The van der Waals surface area contributed by atoms with Crippen molar-refractivity contribution in [3.8, 4) is 0 Å². The van der Waals surface area contributed by atoms with Crippen LogP contribution in [0.4, 0.5) is 8.78 Å². The summed E-state index contributed by atoms with van der Waals surface area (Å²) in [5, 5.41) is 3.48. The summed E-state index contributed by atoms with van der Waals surface area (Å²) in [6.07, 6.45) is 2.33. The molecule has 1 aromatic carbocycles. The number of rotatable bonds is 6. The highest BCUT2D eigenvalue weighted by molar-refractivity contribution is 5.20. The van der Waals surface area contributed by atoms with E-state index >= 15 is 0 Å². The fraction of sp³-hybridized carbons (Fsp3) is 0.647. The predicted molar refractivity (Wildman–Crippen MR) is 80.3 cm³/mol. The van der Waals surface area contributed by atoms with Crippen LogP contribution in [-0.2, 0) is 11.2 Å². The van der Waals surface area contributed by atoms with E-state index in [-0.39, 0.29) is 17.0 Å². The molecule has 21 heavy (non-hydrogen) atoms. The minimum Gasteiger partial charge on any atom is -0.381 e. The van der Waals surface area contributed by atoms with Crippen molar-refractivity contribution >= 4 is 0 Å². The molecule has 0 amide bonds. The summed E-state index contributed by atoms with van der Waals surface area (Å²) in [5.74, 6) is -0.109. The van der Waals surface area contributed by atoms with Crippen molar-refractivity contribution in [2.75, 3.05) is 26.3 Å². The maximum atomic E-state index is 13.9. The van der Waals surface area contributed by atoms with E-state index in [0.29, 0.717) is 31.1 Å². The van der Waals surface area contributed by atoms with Gasteiger partial charge < -0.3 is 10.1 Å². The predicted octanol–water partition coefficient (Wildman–Crippen LogP) is 3.55. The van der Waals surface area contributed by atoms with Gasteiger partial charge in [-0.05, 0) is 60.9 Å². The Bertz CT molecular complexity index is 456. The SMILES string of the molecule is CC(C)CNCC1(Cc2cc(F)ccc2F)CCOCC1. The molecule has 1 saturated heterocycles. The molecule has 0 radical (unpaired) electrons. The van der Waals surface area contributed by atoms with Crippen molar-refractivity contribution in [1.29, 1.82) is 0 Å². The summed E-state index contributed by atoms with van der Waals surface area (Å²) in [6.45, 7) is 7.48. The first-order chi connectivity index (χ1) is 10.0. The van der Waals surface area contributed by atoms with Gasteiger partial charge in [-0.1, -0.05) is 13.8 Å². The zero-order chi connectivity index (χ0) is 15.3. The van der Waals surface area contributed by atoms with Crippen LogP contribution in [0, 0.1) is 23.0 Å². The van der Waals surface area contributed by atoms with Crippen molar-refractivity contribution in [3.63, 3.8) is 0 Å². The number of nitrogens with one attached hydrogen (secondary N) is 1. The number of hydrogen-bond acceptors (Lipinski definition) is 2. The Hall–Kier alpha value is -1.00. The minimum absolute atomic E-state index is 0.0399. The van der Waals surface area contributed by atoms with Crippen molar-refractivity contribution in [1.82, 2.24) is 5.32 Å². The van der Waals surface area contributed by atoms with Crippen LogP contribution in [0.3, 0.4) is 0 Å². The van der Waals surface area contributed by atoms with E-state index < -0.39 is 0 Å². The van der Waals surface area contributed by atoms with Gasteiger partial charge in [-0.25, -0.2) is 8.78 Å². The lowest BCUT2D eigenvalue weighted by molar-refractivity contribution is 0.0143. The monoisotopic (exact) mass is 297 g/mol. The van der Waals surface area contributed by atoms with Crippen LogP contribution in [0.25, 0.3) is 0 Å². The molecule has 1 heterocycles. The van der Waals surface area contributed by atoms with Crippen molar-refractivity contribution in [3.05, 3.63) is 35.4 Å². The molecule has 0 aromatic heterocycles. The lowest BCUT2D eigenvalue weighted by Crippen LogP contribution is -2.42. The number of ether oxygens (including phenoxy) is 1. The van der Waals surface area contributed by atoms with E-state index in [2.05, 4.69) is 19.2 Å². The highest BCUT2D eigenvalue weighted by Gasteiger charge is 2.33. The van der Waals surface area contributed by atoms with Crippen LogP contribution >= 0.6 is 0 Å². The Morgan fingerprint density at radius 2 is 1.95 bits per heavy atom. The Morgan fingerprint density at radius 1 is 1.24 bits per heavy atom. The zero-order valence-corrected chi connectivity index (χ0v) is 12.9. The number of hydrogen-bond donors (Lipinski definition) is 1. The van der Waals surface area contributed by atoms with Gasteiger partial charge in [0.25, 0.3) is 0 Å². The molecule has 1 fully saturated rings. The van der Waals surface area contributed by atoms with Gasteiger partial charge in [-0.15, -0.1) is 0 Å². The van der Waals surface area contributed by atoms with E-state index in [0.717, 1.165) is 25.9 Å². The third-order valence-electron chi connectivity index (χ3n) is 4.18. The first-order valence-corrected chi connectivity index (χ1v) is 7.73. The quantitative estimate of drug-likeness (QED) is 0.867. The molecule has 1 aliphatic rings. The van der Waals surface area contributed by atoms with Crippen LogP contribution in [0.1, 0.15) is 32.3 Å². The van der Waals surface area contributed by atoms with E-state index in [9.17, 15) is 8.78 Å². The van der Waals surface area contributed by atoms with Crippen LogP contribution in [0.15, 0.2) is 18.2 Å². The second-order valence-electron chi connectivity index (χ2n) is 6.55. The Morgan fingerprint density at radius 3 is 2.62 bits per heavy atom. The van der Waals surface area contributed by atoms with Crippen LogP contribution < -0.4 is 5.32 Å². The molecule has 0 aliphatic carbocycles. The highest BCUT2D eigenvalue weighted by Crippen LogP contribution is 2.34. The summed E-state index contributed by atoms with van der Waals surface area (Å²) in [5.41, 5.74) is 0.435.